The van der Waals surface area contributed by atoms with E-state index >= 15 is 0 Å². The number of phenolic OH excluding ortho intramolecular Hbond substituents is 1. The van der Waals surface area contributed by atoms with Crippen LogP contribution in [0.2, 0.25) is 10.0 Å². The van der Waals surface area contributed by atoms with Crippen molar-refractivity contribution in [3.05, 3.63) is 88.0 Å². The summed E-state index contributed by atoms with van der Waals surface area (Å²) in [5, 5.41) is 14.1. The molecular weight excluding hydrogens is 526 g/mol. The third-order valence-corrected chi connectivity index (χ3v) is 6.89. The van der Waals surface area contributed by atoms with Gasteiger partial charge in [-0.3, -0.25) is 4.72 Å². The number of nitrogens with zero attached hydrogens (tertiary/aromatic N) is 1. The second-order valence-corrected chi connectivity index (χ2v) is 9.97. The largest absolute Gasteiger partial charge is 0.504 e. The molecule has 0 spiro atoms. The predicted octanol–water partition coefficient (Wildman–Crippen LogP) is 6.68. The van der Waals surface area contributed by atoms with Crippen molar-refractivity contribution in [2.75, 3.05) is 10.0 Å². The Bertz CT molecular complexity index is 1510. The number of fused-ring (bicyclic) bond motifs is 1. The van der Waals surface area contributed by atoms with Gasteiger partial charge in [0.2, 0.25) is 0 Å². The van der Waals surface area contributed by atoms with Gasteiger partial charge in [0.05, 0.1) is 44.6 Å². The van der Waals surface area contributed by atoms with Gasteiger partial charge in [-0.1, -0.05) is 41.4 Å². The number of alkyl halides is 3. The monoisotopic (exact) mass is 541 g/mol. The highest BCUT2D eigenvalue weighted by molar-refractivity contribution is 7.92. The maximum Gasteiger partial charge on any atom is 0.416 e. The number of anilines is 2. The fraction of sp³-hybridized carbons (Fsp3) is 0.0870. The molecule has 0 radical (unpaired) electrons. The lowest BCUT2D eigenvalue weighted by Gasteiger charge is -2.13. The third kappa shape index (κ3) is 5.55. The number of phenols is 1. The highest BCUT2D eigenvalue weighted by Gasteiger charge is 2.30. The van der Waals surface area contributed by atoms with Crippen molar-refractivity contribution in [1.29, 1.82) is 0 Å². The Morgan fingerprint density at radius 3 is 2.34 bits per heavy atom. The Balaban J connectivity index is 1.61. The molecule has 3 aromatic carbocycles. The normalized spacial score (nSPS) is 12.0. The van der Waals surface area contributed by atoms with Crippen LogP contribution >= 0.6 is 23.2 Å². The summed E-state index contributed by atoms with van der Waals surface area (Å²) in [4.78, 5) is 4.18. The summed E-state index contributed by atoms with van der Waals surface area (Å²) in [5.74, 6) is -0.179. The van der Waals surface area contributed by atoms with Crippen molar-refractivity contribution < 1.29 is 26.7 Å². The van der Waals surface area contributed by atoms with Gasteiger partial charge < -0.3 is 10.4 Å². The first-order valence-electron chi connectivity index (χ1n) is 9.95. The summed E-state index contributed by atoms with van der Waals surface area (Å²) in [6.07, 6.45) is -4.58. The van der Waals surface area contributed by atoms with Gasteiger partial charge in [-0.25, -0.2) is 13.4 Å². The van der Waals surface area contributed by atoms with Gasteiger partial charge in [0.15, 0.2) is 5.75 Å². The summed E-state index contributed by atoms with van der Waals surface area (Å²) < 4.78 is 66.4. The van der Waals surface area contributed by atoms with E-state index in [1.54, 1.807) is 24.3 Å². The predicted molar refractivity (Wildman–Crippen MR) is 129 cm³/mol. The summed E-state index contributed by atoms with van der Waals surface area (Å²) in [5.41, 5.74) is 0.329. The highest BCUT2D eigenvalue weighted by atomic mass is 35.5. The van der Waals surface area contributed by atoms with Crippen LogP contribution in [0.5, 0.6) is 5.75 Å². The van der Waals surface area contributed by atoms with E-state index in [9.17, 15) is 26.7 Å². The van der Waals surface area contributed by atoms with Crippen LogP contribution in [0.3, 0.4) is 0 Å². The third-order valence-electron chi connectivity index (χ3n) is 5.00. The van der Waals surface area contributed by atoms with E-state index in [0.717, 1.165) is 12.1 Å². The molecule has 1 heterocycles. The zero-order valence-corrected chi connectivity index (χ0v) is 19.9. The number of aromatic nitrogens is 1. The van der Waals surface area contributed by atoms with Gasteiger partial charge in [0.1, 0.15) is 0 Å². The quantitative estimate of drug-likeness (QED) is 0.237. The fourth-order valence-electron chi connectivity index (χ4n) is 3.28. The number of hydrogen-bond acceptors (Lipinski definition) is 5. The minimum absolute atomic E-state index is 0.0754. The van der Waals surface area contributed by atoms with Crippen molar-refractivity contribution >= 4 is 55.5 Å². The summed E-state index contributed by atoms with van der Waals surface area (Å²) in [6, 6.07) is 14.4. The van der Waals surface area contributed by atoms with Crippen LogP contribution in [-0.2, 0) is 22.7 Å². The molecule has 0 saturated heterocycles. The molecule has 182 valence electrons. The van der Waals surface area contributed by atoms with Crippen molar-refractivity contribution in [3.8, 4) is 5.75 Å². The molecule has 4 rings (SSSR count). The van der Waals surface area contributed by atoms with Crippen molar-refractivity contribution in [3.63, 3.8) is 0 Å². The van der Waals surface area contributed by atoms with Crippen LogP contribution in [0.15, 0.2) is 71.6 Å². The molecule has 0 aliphatic rings. The lowest BCUT2D eigenvalue weighted by atomic mass is 10.1. The Morgan fingerprint density at radius 1 is 0.943 bits per heavy atom. The van der Waals surface area contributed by atoms with E-state index in [4.69, 9.17) is 23.2 Å². The van der Waals surface area contributed by atoms with Crippen molar-refractivity contribution in [2.45, 2.75) is 17.6 Å². The minimum atomic E-state index is -4.58. The molecule has 0 amide bonds. The van der Waals surface area contributed by atoms with E-state index in [-0.39, 0.29) is 27.9 Å². The van der Waals surface area contributed by atoms with E-state index in [2.05, 4.69) is 15.0 Å². The first-order chi connectivity index (χ1) is 16.4. The van der Waals surface area contributed by atoms with E-state index in [0.29, 0.717) is 39.4 Å². The Morgan fingerprint density at radius 2 is 1.66 bits per heavy atom. The number of hydrogen-bond donors (Lipinski definition) is 3. The molecule has 35 heavy (non-hydrogen) atoms. The number of sulfonamides is 1. The maximum atomic E-state index is 12.8. The molecule has 4 aromatic rings. The Hall–Kier alpha value is -3.21. The maximum absolute atomic E-state index is 12.8. The SMILES string of the molecule is O=S(=O)(Nc1cccc2ccc(CNc3cc(Cl)cc(Cl)c3O)nc12)c1ccc(C(F)(F)F)cc1. The van der Waals surface area contributed by atoms with E-state index in [1.165, 1.54) is 18.2 Å². The molecule has 0 fully saturated rings. The number of para-hydroxylation sites is 1. The first-order valence-corrected chi connectivity index (χ1v) is 12.2. The van der Waals surface area contributed by atoms with Crippen LogP contribution in [0, 0.1) is 0 Å². The standard InChI is InChI=1S/C23H16Cl2F3N3O3S/c24-15-10-18(25)22(32)20(11-15)29-12-16-7-4-13-2-1-3-19(21(13)30-16)31-35(33,34)17-8-5-14(6-9-17)23(26,27)28/h1-11,29,31-32H,12H2. The number of benzene rings is 3. The molecule has 3 N–H and O–H groups in total. The number of aromatic hydroxyl groups is 1. The minimum Gasteiger partial charge on any atom is -0.504 e. The second-order valence-electron chi connectivity index (χ2n) is 7.44. The smallest absolute Gasteiger partial charge is 0.416 e. The highest BCUT2D eigenvalue weighted by Crippen LogP contribution is 2.35. The zero-order valence-electron chi connectivity index (χ0n) is 17.6. The fourth-order valence-corrected chi connectivity index (χ4v) is 4.84. The summed E-state index contributed by atoms with van der Waals surface area (Å²) in [7, 11) is -4.19. The Labute approximate surface area is 208 Å². The van der Waals surface area contributed by atoms with Crippen LogP contribution in [0.1, 0.15) is 11.3 Å². The molecule has 1 aromatic heterocycles. The number of nitrogens with one attached hydrogen (secondary N) is 2. The molecule has 6 nitrogen and oxygen atoms in total. The van der Waals surface area contributed by atoms with Gasteiger partial charge >= 0.3 is 6.18 Å². The van der Waals surface area contributed by atoms with Crippen molar-refractivity contribution in [1.82, 2.24) is 4.98 Å². The van der Waals surface area contributed by atoms with Crippen LogP contribution in [0.25, 0.3) is 10.9 Å². The second kappa shape index (κ2) is 9.44. The Kier molecular flexibility index (Phi) is 6.72. The van der Waals surface area contributed by atoms with Gasteiger partial charge in [-0.05, 0) is 48.5 Å². The molecule has 0 unspecified atom stereocenters. The van der Waals surface area contributed by atoms with Gasteiger partial charge in [0, 0.05) is 10.4 Å². The topological polar surface area (TPSA) is 91.3 Å². The molecule has 0 aliphatic heterocycles. The number of halogens is 5. The van der Waals surface area contributed by atoms with E-state index in [1.807, 2.05) is 0 Å². The van der Waals surface area contributed by atoms with Crippen molar-refractivity contribution in [2.24, 2.45) is 0 Å². The van der Waals surface area contributed by atoms with Crippen LogP contribution in [0.4, 0.5) is 24.5 Å². The molecule has 0 bridgehead atoms. The summed E-state index contributed by atoms with van der Waals surface area (Å²) in [6.45, 7) is 0.153. The zero-order chi connectivity index (χ0) is 25.4. The lowest BCUT2D eigenvalue weighted by molar-refractivity contribution is -0.137. The summed E-state index contributed by atoms with van der Waals surface area (Å²) >= 11 is 11.9. The molecule has 0 saturated carbocycles. The van der Waals surface area contributed by atoms with Gasteiger partial charge in [-0.2, -0.15) is 13.2 Å². The average Bonchev–Trinajstić information content (AvgIpc) is 2.80. The molecule has 0 aliphatic carbocycles. The molecule has 12 heteroatoms. The lowest BCUT2D eigenvalue weighted by Crippen LogP contribution is -2.14. The molecule has 0 atom stereocenters. The van der Waals surface area contributed by atoms with Gasteiger partial charge in [-0.15, -0.1) is 0 Å². The number of rotatable bonds is 6. The molecular formula is C23H16Cl2F3N3O3S. The van der Waals surface area contributed by atoms with Gasteiger partial charge in [0.25, 0.3) is 10.0 Å². The average molecular weight is 542 g/mol. The first kappa shape index (κ1) is 24.9. The number of pyridine rings is 1. The van der Waals surface area contributed by atoms with Crippen LogP contribution < -0.4 is 10.0 Å². The van der Waals surface area contributed by atoms with E-state index < -0.39 is 21.8 Å². The van der Waals surface area contributed by atoms with Crippen LogP contribution in [-0.4, -0.2) is 18.5 Å².